The number of fused-ring (bicyclic) bond motifs is 1. The van der Waals surface area contributed by atoms with Crippen LogP contribution in [0.2, 0.25) is 0 Å². The molecule has 0 bridgehead atoms. The van der Waals surface area contributed by atoms with Gasteiger partial charge in [-0.05, 0) is 55.8 Å². The molecule has 1 heterocycles. The molecule has 7 nitrogen and oxygen atoms in total. The summed E-state index contributed by atoms with van der Waals surface area (Å²) in [5.74, 6) is 2.73. The van der Waals surface area contributed by atoms with Crippen molar-refractivity contribution >= 4 is 16.9 Å². The van der Waals surface area contributed by atoms with Gasteiger partial charge in [-0.15, -0.1) is 0 Å². The first-order chi connectivity index (χ1) is 17.0. The molecule has 0 atom stereocenters. The molecule has 182 valence electrons. The predicted molar refractivity (Wildman–Crippen MR) is 137 cm³/mol. The number of nitrogens with zero attached hydrogens (tertiary/aromatic N) is 2. The number of rotatable bonds is 10. The molecular weight excluding hydrogens is 442 g/mol. The molecule has 0 unspecified atom stereocenters. The zero-order valence-electron chi connectivity index (χ0n) is 20.6. The van der Waals surface area contributed by atoms with Crippen LogP contribution >= 0.6 is 0 Å². The van der Waals surface area contributed by atoms with Gasteiger partial charge in [0.25, 0.3) is 5.91 Å². The lowest BCUT2D eigenvalue weighted by molar-refractivity contribution is 0.0953. The Morgan fingerprint density at radius 1 is 0.943 bits per heavy atom. The van der Waals surface area contributed by atoms with E-state index in [2.05, 4.69) is 41.9 Å². The molecule has 0 aliphatic heterocycles. The monoisotopic (exact) mass is 473 g/mol. The highest BCUT2D eigenvalue weighted by molar-refractivity contribution is 5.94. The first-order valence-electron chi connectivity index (χ1n) is 11.6. The molecule has 1 aromatic heterocycles. The number of benzene rings is 3. The third kappa shape index (κ3) is 5.57. The summed E-state index contributed by atoms with van der Waals surface area (Å²) in [6, 6.07) is 19.4. The van der Waals surface area contributed by atoms with Crippen molar-refractivity contribution in [2.45, 2.75) is 26.8 Å². The first kappa shape index (κ1) is 24.1. The van der Waals surface area contributed by atoms with Gasteiger partial charge in [0, 0.05) is 18.5 Å². The van der Waals surface area contributed by atoms with Crippen molar-refractivity contribution in [2.24, 2.45) is 0 Å². The van der Waals surface area contributed by atoms with Crippen LogP contribution in [0.15, 0.2) is 60.7 Å². The van der Waals surface area contributed by atoms with Crippen LogP contribution in [0, 0.1) is 13.8 Å². The number of carbonyl (C=O) groups excluding carboxylic acids is 1. The predicted octanol–water partition coefficient (Wildman–Crippen LogP) is 4.72. The summed E-state index contributed by atoms with van der Waals surface area (Å²) >= 11 is 0. The molecule has 35 heavy (non-hydrogen) atoms. The fraction of sp³-hybridized carbons (Fsp3) is 0.286. The maximum atomic E-state index is 12.7. The second-order valence-electron chi connectivity index (χ2n) is 8.36. The molecular formula is C28H31N3O4. The zero-order valence-corrected chi connectivity index (χ0v) is 20.6. The van der Waals surface area contributed by atoms with Gasteiger partial charge in [0.1, 0.15) is 18.2 Å². The Hall–Kier alpha value is -4.00. The van der Waals surface area contributed by atoms with E-state index in [1.54, 1.807) is 32.4 Å². The van der Waals surface area contributed by atoms with Gasteiger partial charge in [-0.2, -0.15) is 0 Å². The SMILES string of the molecule is COc1ccc(C(=O)NCCc2nc3ccccc3n2CCOc2ccc(C)cc2C)cc1OC. The maximum absolute atomic E-state index is 12.7. The smallest absolute Gasteiger partial charge is 0.251 e. The van der Waals surface area contributed by atoms with Gasteiger partial charge in [-0.25, -0.2) is 4.98 Å². The topological polar surface area (TPSA) is 74.6 Å². The van der Waals surface area contributed by atoms with Crippen LogP contribution in [-0.2, 0) is 13.0 Å². The van der Waals surface area contributed by atoms with E-state index < -0.39 is 0 Å². The number of nitrogens with one attached hydrogen (secondary N) is 1. The minimum absolute atomic E-state index is 0.174. The molecule has 4 rings (SSSR count). The van der Waals surface area contributed by atoms with Crippen LogP contribution in [0.3, 0.4) is 0 Å². The second kappa shape index (κ2) is 11.0. The van der Waals surface area contributed by atoms with Crippen molar-refractivity contribution in [3.05, 3.63) is 83.2 Å². The van der Waals surface area contributed by atoms with Crippen molar-refractivity contribution < 1.29 is 19.0 Å². The van der Waals surface area contributed by atoms with Crippen LogP contribution < -0.4 is 19.5 Å². The number of imidazole rings is 1. The third-order valence-corrected chi connectivity index (χ3v) is 5.92. The average molecular weight is 474 g/mol. The molecule has 0 fully saturated rings. The Bertz CT molecular complexity index is 1330. The number of amides is 1. The molecule has 0 aliphatic carbocycles. The number of hydrogen-bond acceptors (Lipinski definition) is 5. The van der Waals surface area contributed by atoms with E-state index in [0.29, 0.717) is 43.2 Å². The highest BCUT2D eigenvalue weighted by Crippen LogP contribution is 2.27. The van der Waals surface area contributed by atoms with Crippen LogP contribution in [0.5, 0.6) is 17.2 Å². The summed E-state index contributed by atoms with van der Waals surface area (Å²) in [5.41, 5.74) is 4.84. The van der Waals surface area contributed by atoms with Gasteiger partial charge in [0.05, 0.1) is 31.8 Å². The number of hydrogen-bond donors (Lipinski definition) is 1. The van der Waals surface area contributed by atoms with Crippen LogP contribution in [0.1, 0.15) is 27.3 Å². The fourth-order valence-electron chi connectivity index (χ4n) is 4.14. The third-order valence-electron chi connectivity index (χ3n) is 5.92. The number of aromatic nitrogens is 2. The standard InChI is InChI=1S/C28H31N3O4/c1-19-9-11-24(20(2)17-19)35-16-15-31-23-8-6-5-7-22(23)30-27(31)13-14-29-28(32)21-10-12-25(33-3)26(18-21)34-4/h5-12,17-18H,13-16H2,1-4H3,(H,29,32). The minimum atomic E-state index is -0.174. The Balaban J connectivity index is 1.42. The fourth-order valence-corrected chi connectivity index (χ4v) is 4.14. The number of aryl methyl sites for hydroxylation is 2. The summed E-state index contributed by atoms with van der Waals surface area (Å²) in [4.78, 5) is 17.5. The van der Waals surface area contributed by atoms with E-state index in [4.69, 9.17) is 19.2 Å². The lowest BCUT2D eigenvalue weighted by Crippen LogP contribution is -2.26. The summed E-state index contributed by atoms with van der Waals surface area (Å²) in [6.45, 7) is 5.77. The summed E-state index contributed by atoms with van der Waals surface area (Å²) in [5, 5.41) is 2.98. The molecule has 1 amide bonds. The van der Waals surface area contributed by atoms with E-state index in [0.717, 1.165) is 28.2 Å². The quantitative estimate of drug-likeness (QED) is 0.361. The molecule has 0 radical (unpaired) electrons. The molecule has 3 aromatic carbocycles. The van der Waals surface area contributed by atoms with Gasteiger partial charge in [0.2, 0.25) is 0 Å². The summed E-state index contributed by atoms with van der Waals surface area (Å²) in [6.07, 6.45) is 0.595. The van der Waals surface area contributed by atoms with Crippen molar-refractivity contribution in [3.63, 3.8) is 0 Å². The van der Waals surface area contributed by atoms with E-state index in [1.165, 1.54) is 5.56 Å². The Labute approximate surface area is 205 Å². The van der Waals surface area contributed by atoms with E-state index >= 15 is 0 Å². The molecule has 0 aliphatic rings. The van der Waals surface area contributed by atoms with Gasteiger partial charge in [-0.1, -0.05) is 29.8 Å². The summed E-state index contributed by atoms with van der Waals surface area (Å²) in [7, 11) is 3.12. The van der Waals surface area contributed by atoms with Crippen LogP contribution in [0.4, 0.5) is 0 Å². The second-order valence-corrected chi connectivity index (χ2v) is 8.36. The largest absolute Gasteiger partial charge is 0.493 e. The van der Waals surface area contributed by atoms with Gasteiger partial charge in [-0.3, -0.25) is 4.79 Å². The van der Waals surface area contributed by atoms with Crippen LogP contribution in [0.25, 0.3) is 11.0 Å². The average Bonchev–Trinajstić information content (AvgIpc) is 3.22. The lowest BCUT2D eigenvalue weighted by atomic mass is 10.1. The highest BCUT2D eigenvalue weighted by atomic mass is 16.5. The highest BCUT2D eigenvalue weighted by Gasteiger charge is 2.13. The van der Waals surface area contributed by atoms with Gasteiger partial charge < -0.3 is 24.1 Å². The molecule has 4 aromatic rings. The van der Waals surface area contributed by atoms with Crippen molar-refractivity contribution in [1.82, 2.24) is 14.9 Å². The van der Waals surface area contributed by atoms with Crippen LogP contribution in [-0.4, -0.2) is 42.8 Å². The van der Waals surface area contributed by atoms with E-state index in [9.17, 15) is 4.79 Å². The summed E-state index contributed by atoms with van der Waals surface area (Å²) < 4.78 is 18.8. The maximum Gasteiger partial charge on any atom is 0.251 e. The number of methoxy groups -OCH3 is 2. The van der Waals surface area contributed by atoms with E-state index in [-0.39, 0.29) is 5.91 Å². The molecule has 0 saturated carbocycles. The Morgan fingerprint density at radius 3 is 2.49 bits per heavy atom. The van der Waals surface area contributed by atoms with Crippen molar-refractivity contribution in [2.75, 3.05) is 27.4 Å². The Kier molecular flexibility index (Phi) is 7.55. The molecule has 0 spiro atoms. The number of carbonyl (C=O) groups is 1. The van der Waals surface area contributed by atoms with Gasteiger partial charge in [0.15, 0.2) is 11.5 Å². The number of ether oxygens (including phenoxy) is 3. The zero-order chi connectivity index (χ0) is 24.8. The van der Waals surface area contributed by atoms with E-state index in [1.807, 2.05) is 24.3 Å². The van der Waals surface area contributed by atoms with Gasteiger partial charge >= 0.3 is 0 Å². The lowest BCUT2D eigenvalue weighted by Gasteiger charge is -2.13. The minimum Gasteiger partial charge on any atom is -0.493 e. The molecule has 0 saturated heterocycles. The normalized spacial score (nSPS) is 10.9. The molecule has 7 heteroatoms. The Morgan fingerprint density at radius 2 is 1.71 bits per heavy atom. The molecule has 1 N–H and O–H groups in total. The van der Waals surface area contributed by atoms with Crippen molar-refractivity contribution in [1.29, 1.82) is 0 Å². The first-order valence-corrected chi connectivity index (χ1v) is 11.6. The van der Waals surface area contributed by atoms with Crippen molar-refractivity contribution in [3.8, 4) is 17.2 Å². The number of para-hydroxylation sites is 2.